The highest BCUT2D eigenvalue weighted by atomic mass is 28.4. The Labute approximate surface area is 371 Å². The van der Waals surface area contributed by atoms with Crippen LogP contribution in [-0.2, 0) is 27.7 Å². The SMILES string of the molecule is CCCCCCCCCC[N+](C)(CCCCCCCCCC)CCC[Si](OCC(CO)(CO)NCC(=O)[O-])(OCC(CO)(CO)NCC(=O)[O-])OCC(CO)(CO)NCC(=O)O. The van der Waals surface area contributed by atoms with Gasteiger partial charge >= 0.3 is 14.8 Å². The molecule has 0 aromatic rings. The third-order valence-corrected chi connectivity index (χ3v) is 14.4. The van der Waals surface area contributed by atoms with Crippen molar-refractivity contribution >= 4 is 26.7 Å². The standard InChI is InChI=1S/C42H86N4O15Si/c1-4-6-8-10-12-14-16-18-21-46(3,22-19-17-15-13-11-9-7-5-2)23-20-24-62(59-34-40(28-47,29-48)43-25-37(53)54,60-35-41(30-49,31-50)44-26-38(55)56)61-36-42(32-51,33-52)45-27-39(57)58/h43-45,47-52H,4-36H2,1-3H3,(H2-,53,54,55,56,57,58)/p-1. The second kappa shape index (κ2) is 34.5. The number of unbranched alkanes of at least 4 members (excludes halogenated alkanes) is 14. The topological polar surface area (TPSA) is 303 Å². The van der Waals surface area contributed by atoms with Crippen LogP contribution in [0.1, 0.15) is 123 Å². The number of quaternary nitrogens is 1. The number of hydrogen-bond donors (Lipinski definition) is 10. The maximum atomic E-state index is 11.5. The monoisotopic (exact) mass is 914 g/mol. The van der Waals surface area contributed by atoms with Crippen molar-refractivity contribution in [2.24, 2.45) is 0 Å². The van der Waals surface area contributed by atoms with E-state index in [4.69, 9.17) is 13.3 Å². The molecular weight excluding hydrogens is 829 g/mol. The maximum absolute atomic E-state index is 11.5. The van der Waals surface area contributed by atoms with Crippen LogP contribution in [0.25, 0.3) is 0 Å². The molecule has 0 saturated carbocycles. The summed E-state index contributed by atoms with van der Waals surface area (Å²) in [5.74, 6) is -4.36. The number of carboxylic acids is 3. The van der Waals surface area contributed by atoms with Crippen LogP contribution in [0.4, 0.5) is 0 Å². The summed E-state index contributed by atoms with van der Waals surface area (Å²) < 4.78 is 20.0. The Morgan fingerprint density at radius 2 is 0.790 bits per heavy atom. The Hall–Kier alpha value is -1.89. The largest absolute Gasteiger partial charge is 0.549 e. The Kier molecular flexibility index (Phi) is 33.4. The van der Waals surface area contributed by atoms with Crippen molar-refractivity contribution in [2.75, 3.05) is 106 Å². The zero-order valence-corrected chi connectivity index (χ0v) is 39.2. The number of carboxylic acid groups (broad SMARTS) is 3. The van der Waals surface area contributed by atoms with Crippen LogP contribution in [0.3, 0.4) is 0 Å². The van der Waals surface area contributed by atoms with Crippen molar-refractivity contribution in [3.8, 4) is 0 Å². The molecule has 0 radical (unpaired) electrons. The van der Waals surface area contributed by atoms with Crippen molar-refractivity contribution in [2.45, 2.75) is 146 Å². The summed E-state index contributed by atoms with van der Waals surface area (Å²) in [6.45, 7) is -2.17. The summed E-state index contributed by atoms with van der Waals surface area (Å²) >= 11 is 0. The van der Waals surface area contributed by atoms with E-state index in [1.54, 1.807) is 0 Å². The highest BCUT2D eigenvalue weighted by Crippen LogP contribution is 2.26. The molecule has 0 atom stereocenters. The lowest BCUT2D eigenvalue weighted by atomic mass is 10.0. The van der Waals surface area contributed by atoms with Crippen molar-refractivity contribution in [3.63, 3.8) is 0 Å². The van der Waals surface area contributed by atoms with Gasteiger partial charge in [-0.3, -0.25) is 10.1 Å². The van der Waals surface area contributed by atoms with E-state index in [-0.39, 0.29) is 6.04 Å². The fourth-order valence-electron chi connectivity index (χ4n) is 7.05. The highest BCUT2D eigenvalue weighted by Gasteiger charge is 2.48. The zero-order valence-electron chi connectivity index (χ0n) is 38.2. The molecule has 0 fully saturated rings. The van der Waals surface area contributed by atoms with E-state index in [1.807, 2.05) is 0 Å². The molecule has 0 aliphatic rings. The van der Waals surface area contributed by atoms with Gasteiger partial charge in [-0.25, -0.2) is 0 Å². The average Bonchev–Trinajstić information content (AvgIpc) is 3.26. The number of aliphatic hydroxyl groups is 6. The van der Waals surface area contributed by atoms with E-state index in [9.17, 15) is 60.3 Å². The van der Waals surface area contributed by atoms with Gasteiger partial charge < -0.3 is 83.9 Å². The molecule has 10 N–H and O–H groups in total. The molecular formula is C42H85N4O15Si-. The maximum Gasteiger partial charge on any atom is 0.501 e. The number of nitrogens with one attached hydrogen (secondary N) is 3. The third-order valence-electron chi connectivity index (χ3n) is 11.6. The van der Waals surface area contributed by atoms with Crippen molar-refractivity contribution in [1.82, 2.24) is 16.0 Å². The number of aliphatic carboxylic acids is 3. The van der Waals surface area contributed by atoms with Crippen LogP contribution in [0.15, 0.2) is 0 Å². The predicted octanol–water partition coefficient (Wildman–Crippen LogP) is -1.38. The predicted molar refractivity (Wildman–Crippen MR) is 231 cm³/mol. The van der Waals surface area contributed by atoms with Crippen LogP contribution in [0, 0.1) is 0 Å². The molecule has 0 unspecified atom stereocenters. The van der Waals surface area contributed by atoms with E-state index in [0.29, 0.717) is 17.4 Å². The summed E-state index contributed by atoms with van der Waals surface area (Å²) in [4.78, 5) is 34.3. The number of aliphatic hydroxyl groups excluding tert-OH is 6. The smallest absolute Gasteiger partial charge is 0.501 e. The minimum absolute atomic E-state index is 0.00239. The van der Waals surface area contributed by atoms with Gasteiger partial charge in [0.1, 0.15) is 0 Å². The first-order chi connectivity index (χ1) is 29.6. The van der Waals surface area contributed by atoms with Crippen LogP contribution < -0.4 is 26.2 Å². The van der Waals surface area contributed by atoms with Crippen LogP contribution in [-0.4, -0.2) is 189 Å². The normalized spacial score (nSPS) is 12.9. The van der Waals surface area contributed by atoms with Crippen LogP contribution >= 0.6 is 0 Å². The number of nitrogens with zero attached hydrogens (tertiary/aromatic N) is 1. The van der Waals surface area contributed by atoms with Gasteiger partial charge in [0.2, 0.25) is 0 Å². The third kappa shape index (κ3) is 26.2. The molecule has 0 bridgehead atoms. The second-order valence-electron chi connectivity index (χ2n) is 17.4. The lowest BCUT2D eigenvalue weighted by Gasteiger charge is -2.41. The Morgan fingerprint density at radius 3 is 1.08 bits per heavy atom. The summed E-state index contributed by atoms with van der Waals surface area (Å²) in [6, 6.07) is 0.00239. The van der Waals surface area contributed by atoms with E-state index in [2.05, 4.69) is 36.8 Å². The minimum Gasteiger partial charge on any atom is -0.549 e. The lowest BCUT2D eigenvalue weighted by molar-refractivity contribution is -0.910. The molecule has 0 aliphatic heterocycles. The average molecular weight is 914 g/mol. The van der Waals surface area contributed by atoms with Gasteiger partial charge in [0, 0.05) is 25.6 Å². The van der Waals surface area contributed by atoms with Gasteiger partial charge in [-0.2, -0.15) is 0 Å². The van der Waals surface area contributed by atoms with Crippen LogP contribution in [0.2, 0.25) is 6.04 Å². The van der Waals surface area contributed by atoms with E-state index >= 15 is 0 Å². The zero-order chi connectivity index (χ0) is 46.8. The minimum atomic E-state index is -4.38. The summed E-state index contributed by atoms with van der Waals surface area (Å²) in [6.07, 6.45) is 19.0. The van der Waals surface area contributed by atoms with Crippen molar-refractivity contribution in [1.29, 1.82) is 0 Å². The first-order valence-electron chi connectivity index (χ1n) is 22.8. The fourth-order valence-corrected chi connectivity index (χ4v) is 9.81. The molecule has 368 valence electrons. The summed E-state index contributed by atoms with van der Waals surface area (Å²) in [5, 5.41) is 102. The first-order valence-corrected chi connectivity index (χ1v) is 24.8. The number of rotatable bonds is 46. The van der Waals surface area contributed by atoms with Gasteiger partial charge in [0.15, 0.2) is 0 Å². The molecule has 0 spiro atoms. The van der Waals surface area contributed by atoms with Gasteiger partial charge in [-0.15, -0.1) is 0 Å². The number of carbonyl (C=O) groups is 3. The van der Waals surface area contributed by atoms with E-state index in [0.717, 1.165) is 51.6 Å². The van der Waals surface area contributed by atoms with Gasteiger partial charge in [-0.05, 0) is 25.7 Å². The lowest BCUT2D eigenvalue weighted by Crippen LogP contribution is -2.64. The van der Waals surface area contributed by atoms with Gasteiger partial charge in [0.05, 0.1) is 121 Å². The quantitative estimate of drug-likeness (QED) is 0.0191. The highest BCUT2D eigenvalue weighted by molar-refractivity contribution is 6.60. The Morgan fingerprint density at radius 1 is 0.500 bits per heavy atom. The molecule has 0 aliphatic carbocycles. The fraction of sp³-hybridized carbons (Fsp3) is 0.929. The molecule has 19 nitrogen and oxygen atoms in total. The van der Waals surface area contributed by atoms with Gasteiger partial charge in [-0.1, -0.05) is 90.9 Å². The molecule has 0 rings (SSSR count). The summed E-state index contributed by atoms with van der Waals surface area (Å²) in [7, 11) is -2.18. The molecule has 0 aromatic carbocycles. The van der Waals surface area contributed by atoms with E-state index < -0.39 is 122 Å². The Bertz CT molecular complexity index is 1050. The van der Waals surface area contributed by atoms with E-state index in [1.165, 1.54) is 64.2 Å². The molecule has 62 heavy (non-hydrogen) atoms. The molecule has 20 heteroatoms. The molecule has 0 amide bonds. The first kappa shape index (κ1) is 60.1. The number of hydrogen-bond acceptors (Lipinski definition) is 17. The van der Waals surface area contributed by atoms with Crippen LogP contribution in [0.5, 0.6) is 0 Å². The second-order valence-corrected chi connectivity index (χ2v) is 20.1. The molecule has 0 heterocycles. The van der Waals surface area contributed by atoms with Crippen molar-refractivity contribution in [3.05, 3.63) is 0 Å². The molecule has 0 aromatic heterocycles. The molecule has 0 saturated heterocycles. The Balaban J connectivity index is 6.91. The summed E-state index contributed by atoms with van der Waals surface area (Å²) in [5.41, 5.74) is -5.32. The van der Waals surface area contributed by atoms with Gasteiger partial charge in [0.25, 0.3) is 0 Å². The number of carbonyl (C=O) groups excluding carboxylic acids is 2. The van der Waals surface area contributed by atoms with Crippen molar-refractivity contribution < 1.29 is 78.1 Å².